The molecule has 2 aromatic carbocycles. The first-order chi connectivity index (χ1) is 9.42. The van der Waals surface area contributed by atoms with Gasteiger partial charge in [-0.1, -0.05) is 17.7 Å². The molecule has 0 aliphatic carbocycles. The minimum atomic E-state index is -3.42. The number of methoxy groups -OCH3 is 1. The van der Waals surface area contributed by atoms with Gasteiger partial charge in [-0.2, -0.15) is 0 Å². The van der Waals surface area contributed by atoms with Gasteiger partial charge in [0.25, 0.3) is 0 Å². The third-order valence-electron chi connectivity index (χ3n) is 2.84. The molecule has 0 amide bonds. The van der Waals surface area contributed by atoms with Crippen LogP contribution in [0.15, 0.2) is 47.4 Å². The Kier molecular flexibility index (Phi) is 4.20. The van der Waals surface area contributed by atoms with Gasteiger partial charge in [-0.15, -0.1) is 0 Å². The molecular weight excluding hydrogens is 298 g/mol. The molecule has 0 aliphatic heterocycles. The summed E-state index contributed by atoms with van der Waals surface area (Å²) >= 11 is 5.81. The van der Waals surface area contributed by atoms with E-state index in [0.717, 1.165) is 0 Å². The number of hydrogen-bond acceptors (Lipinski definition) is 4. The predicted octanol–water partition coefficient (Wildman–Crippen LogP) is 2.90. The normalized spacial score (nSPS) is 11.3. The van der Waals surface area contributed by atoms with E-state index in [4.69, 9.17) is 22.1 Å². The summed E-state index contributed by atoms with van der Waals surface area (Å²) in [5.74, 6) is 0.487. The highest BCUT2D eigenvalue weighted by Crippen LogP contribution is 2.23. The molecule has 0 aromatic heterocycles. The monoisotopic (exact) mass is 311 g/mol. The zero-order valence-electron chi connectivity index (χ0n) is 10.8. The van der Waals surface area contributed by atoms with Crippen molar-refractivity contribution in [1.29, 1.82) is 0 Å². The van der Waals surface area contributed by atoms with Crippen LogP contribution in [0.1, 0.15) is 5.56 Å². The molecule has 0 atom stereocenters. The van der Waals surface area contributed by atoms with Gasteiger partial charge >= 0.3 is 0 Å². The highest BCUT2D eigenvalue weighted by atomic mass is 35.5. The number of nitrogens with two attached hydrogens (primary N) is 1. The lowest BCUT2D eigenvalue weighted by Crippen LogP contribution is -2.05. The SMILES string of the molecule is COc1ccc(S(=O)(=O)Cc2ccc(Cl)c(N)c2)cc1. The third kappa shape index (κ3) is 3.23. The van der Waals surface area contributed by atoms with Crippen molar-refractivity contribution in [3.63, 3.8) is 0 Å². The molecule has 0 aliphatic rings. The fourth-order valence-electron chi connectivity index (χ4n) is 1.77. The van der Waals surface area contributed by atoms with Crippen molar-refractivity contribution in [3.8, 4) is 5.75 Å². The number of nitrogen functional groups attached to an aromatic ring is 1. The Bertz CT molecular complexity index is 712. The quantitative estimate of drug-likeness (QED) is 0.881. The molecule has 0 spiro atoms. The Hall–Kier alpha value is -1.72. The fourth-order valence-corrected chi connectivity index (χ4v) is 3.22. The van der Waals surface area contributed by atoms with Gasteiger partial charge in [-0.05, 0) is 42.0 Å². The highest BCUT2D eigenvalue weighted by molar-refractivity contribution is 7.90. The summed E-state index contributed by atoms with van der Waals surface area (Å²) in [7, 11) is -1.89. The standard InChI is InChI=1S/C14H14ClNO3S/c1-19-11-3-5-12(6-4-11)20(17,18)9-10-2-7-13(15)14(16)8-10/h2-8H,9,16H2,1H3. The molecule has 0 saturated heterocycles. The summed E-state index contributed by atoms with van der Waals surface area (Å²) in [6.45, 7) is 0. The van der Waals surface area contributed by atoms with Crippen LogP contribution in [-0.2, 0) is 15.6 Å². The zero-order valence-corrected chi connectivity index (χ0v) is 12.4. The summed E-state index contributed by atoms with van der Waals surface area (Å²) in [5.41, 5.74) is 6.64. The van der Waals surface area contributed by atoms with Crippen LogP contribution in [-0.4, -0.2) is 15.5 Å². The molecular formula is C14H14ClNO3S. The van der Waals surface area contributed by atoms with Gasteiger partial charge in [-0.3, -0.25) is 0 Å². The van der Waals surface area contributed by atoms with Crippen LogP contribution in [0, 0.1) is 0 Å². The molecule has 0 radical (unpaired) electrons. The van der Waals surface area contributed by atoms with E-state index in [1.165, 1.54) is 19.2 Å². The van der Waals surface area contributed by atoms with Crippen LogP contribution in [0.5, 0.6) is 5.75 Å². The number of halogens is 1. The molecule has 20 heavy (non-hydrogen) atoms. The van der Waals surface area contributed by atoms with Crippen LogP contribution in [0.25, 0.3) is 0 Å². The first kappa shape index (κ1) is 14.7. The smallest absolute Gasteiger partial charge is 0.182 e. The van der Waals surface area contributed by atoms with Gasteiger partial charge in [0.05, 0.1) is 28.5 Å². The van der Waals surface area contributed by atoms with Crippen molar-refractivity contribution in [2.45, 2.75) is 10.6 Å². The maximum Gasteiger partial charge on any atom is 0.182 e. The van der Waals surface area contributed by atoms with Gasteiger partial charge in [-0.25, -0.2) is 8.42 Å². The molecule has 0 fully saturated rings. The fraction of sp³-hybridized carbons (Fsp3) is 0.143. The predicted molar refractivity (Wildman–Crippen MR) is 79.7 cm³/mol. The summed E-state index contributed by atoms with van der Waals surface area (Å²) < 4.78 is 29.6. The first-order valence-corrected chi connectivity index (χ1v) is 7.86. The second-order valence-electron chi connectivity index (χ2n) is 4.29. The number of sulfone groups is 1. The molecule has 0 saturated carbocycles. The molecule has 4 nitrogen and oxygen atoms in total. The average molecular weight is 312 g/mol. The minimum Gasteiger partial charge on any atom is -0.497 e. The second kappa shape index (κ2) is 5.73. The second-order valence-corrected chi connectivity index (χ2v) is 6.69. The lowest BCUT2D eigenvalue weighted by atomic mass is 10.2. The lowest BCUT2D eigenvalue weighted by molar-refractivity contribution is 0.414. The van der Waals surface area contributed by atoms with Gasteiger partial charge in [0, 0.05) is 0 Å². The van der Waals surface area contributed by atoms with Crippen molar-refractivity contribution < 1.29 is 13.2 Å². The van der Waals surface area contributed by atoms with Gasteiger partial charge < -0.3 is 10.5 Å². The Morgan fingerprint density at radius 1 is 1.15 bits per heavy atom. The van der Waals surface area contributed by atoms with Crippen LogP contribution < -0.4 is 10.5 Å². The van der Waals surface area contributed by atoms with Crippen LogP contribution >= 0.6 is 11.6 Å². The van der Waals surface area contributed by atoms with E-state index in [1.807, 2.05) is 0 Å². The van der Waals surface area contributed by atoms with E-state index in [0.29, 0.717) is 22.0 Å². The van der Waals surface area contributed by atoms with Gasteiger partial charge in [0.2, 0.25) is 0 Å². The maximum absolute atomic E-state index is 12.3. The van der Waals surface area contributed by atoms with E-state index in [-0.39, 0.29) is 10.6 Å². The molecule has 106 valence electrons. The number of hydrogen-bond donors (Lipinski definition) is 1. The third-order valence-corrected chi connectivity index (χ3v) is 4.88. The zero-order chi connectivity index (χ0) is 14.8. The van der Waals surface area contributed by atoms with E-state index in [2.05, 4.69) is 0 Å². The van der Waals surface area contributed by atoms with Crippen molar-refractivity contribution in [2.24, 2.45) is 0 Å². The van der Waals surface area contributed by atoms with Crippen molar-refractivity contribution >= 4 is 27.1 Å². The Morgan fingerprint density at radius 2 is 1.80 bits per heavy atom. The largest absolute Gasteiger partial charge is 0.497 e. The summed E-state index contributed by atoms with van der Waals surface area (Å²) in [5, 5.41) is 0.413. The Labute approximate surface area is 123 Å². The molecule has 0 heterocycles. The number of benzene rings is 2. The van der Waals surface area contributed by atoms with Crippen molar-refractivity contribution in [2.75, 3.05) is 12.8 Å². The molecule has 0 bridgehead atoms. The first-order valence-electron chi connectivity index (χ1n) is 5.83. The molecule has 2 aromatic rings. The van der Waals surface area contributed by atoms with Gasteiger partial charge in [0.15, 0.2) is 9.84 Å². The summed E-state index contributed by atoms with van der Waals surface area (Å²) in [4.78, 5) is 0.242. The number of rotatable bonds is 4. The van der Waals surface area contributed by atoms with E-state index < -0.39 is 9.84 Å². The highest BCUT2D eigenvalue weighted by Gasteiger charge is 2.16. The molecule has 2 N–H and O–H groups in total. The topological polar surface area (TPSA) is 69.4 Å². The Balaban J connectivity index is 2.27. The number of anilines is 1. The van der Waals surface area contributed by atoms with E-state index in [9.17, 15) is 8.42 Å². The van der Waals surface area contributed by atoms with E-state index >= 15 is 0 Å². The number of ether oxygens (including phenoxy) is 1. The van der Waals surface area contributed by atoms with Crippen LogP contribution in [0.3, 0.4) is 0 Å². The van der Waals surface area contributed by atoms with Crippen molar-refractivity contribution in [3.05, 3.63) is 53.1 Å². The summed E-state index contributed by atoms with van der Waals surface area (Å²) in [6.07, 6.45) is 0. The molecule has 6 heteroatoms. The van der Waals surface area contributed by atoms with Gasteiger partial charge in [0.1, 0.15) is 5.75 Å². The van der Waals surface area contributed by atoms with Crippen LogP contribution in [0.4, 0.5) is 5.69 Å². The maximum atomic E-state index is 12.3. The molecule has 0 unspecified atom stereocenters. The average Bonchev–Trinajstić information content (AvgIpc) is 2.43. The van der Waals surface area contributed by atoms with Crippen LogP contribution in [0.2, 0.25) is 5.02 Å². The Morgan fingerprint density at radius 3 is 2.35 bits per heavy atom. The van der Waals surface area contributed by atoms with E-state index in [1.54, 1.807) is 30.3 Å². The summed E-state index contributed by atoms with van der Waals surface area (Å²) in [6, 6.07) is 11.1. The lowest BCUT2D eigenvalue weighted by Gasteiger charge is -2.07. The minimum absolute atomic E-state index is 0.124. The molecule has 2 rings (SSSR count). The van der Waals surface area contributed by atoms with Crippen molar-refractivity contribution in [1.82, 2.24) is 0 Å².